The SMILES string of the molecule is NNC(c1cnccc1N)c1cccc(Cl)c1F. The van der Waals surface area contributed by atoms with Gasteiger partial charge < -0.3 is 5.73 Å². The molecule has 0 fully saturated rings. The third-order valence-corrected chi connectivity index (χ3v) is 2.95. The van der Waals surface area contributed by atoms with Crippen LogP contribution in [0.15, 0.2) is 36.7 Å². The molecule has 1 heterocycles. The zero-order chi connectivity index (χ0) is 13.1. The lowest BCUT2D eigenvalue weighted by Crippen LogP contribution is -2.30. The minimum Gasteiger partial charge on any atom is -0.398 e. The minimum absolute atomic E-state index is 0.0372. The molecule has 0 bridgehead atoms. The lowest BCUT2D eigenvalue weighted by Gasteiger charge is -2.19. The number of hydrazine groups is 1. The smallest absolute Gasteiger partial charge is 0.146 e. The van der Waals surface area contributed by atoms with Gasteiger partial charge in [0.15, 0.2) is 0 Å². The molecule has 94 valence electrons. The standard InChI is InChI=1S/C12H12ClFN4/c13-9-3-1-2-7(11(9)14)12(18-16)8-6-17-5-4-10(8)15/h1-6,12,18H,16H2,(H2,15,17). The van der Waals surface area contributed by atoms with Crippen LogP contribution in [0, 0.1) is 5.82 Å². The summed E-state index contributed by atoms with van der Waals surface area (Å²) < 4.78 is 14.0. The van der Waals surface area contributed by atoms with Crippen molar-refractivity contribution in [3.8, 4) is 0 Å². The van der Waals surface area contributed by atoms with Crippen LogP contribution < -0.4 is 17.0 Å². The second-order valence-electron chi connectivity index (χ2n) is 3.75. The highest BCUT2D eigenvalue weighted by Gasteiger charge is 2.20. The van der Waals surface area contributed by atoms with Gasteiger partial charge in [-0.2, -0.15) is 0 Å². The summed E-state index contributed by atoms with van der Waals surface area (Å²) in [5.74, 6) is 4.96. The zero-order valence-corrected chi connectivity index (χ0v) is 10.2. The van der Waals surface area contributed by atoms with E-state index in [1.54, 1.807) is 30.6 Å². The zero-order valence-electron chi connectivity index (χ0n) is 9.40. The molecule has 1 aromatic heterocycles. The number of hydrogen-bond donors (Lipinski definition) is 3. The molecule has 0 saturated heterocycles. The van der Waals surface area contributed by atoms with E-state index >= 15 is 0 Å². The monoisotopic (exact) mass is 266 g/mol. The number of pyridine rings is 1. The largest absolute Gasteiger partial charge is 0.398 e. The van der Waals surface area contributed by atoms with Gasteiger partial charge in [-0.3, -0.25) is 10.8 Å². The Hall–Kier alpha value is -1.69. The van der Waals surface area contributed by atoms with Gasteiger partial charge in [-0.1, -0.05) is 23.7 Å². The fourth-order valence-corrected chi connectivity index (χ4v) is 1.93. The third-order valence-electron chi connectivity index (χ3n) is 2.66. The van der Waals surface area contributed by atoms with Gasteiger partial charge in [-0.25, -0.2) is 9.82 Å². The Balaban J connectivity index is 2.53. The molecule has 4 nitrogen and oxygen atoms in total. The fraction of sp³-hybridized carbons (Fsp3) is 0.0833. The van der Waals surface area contributed by atoms with Gasteiger partial charge in [0.2, 0.25) is 0 Å². The molecule has 18 heavy (non-hydrogen) atoms. The molecule has 1 unspecified atom stereocenters. The molecule has 6 heteroatoms. The van der Waals surface area contributed by atoms with Gasteiger partial charge in [0.25, 0.3) is 0 Å². The Morgan fingerprint density at radius 3 is 2.72 bits per heavy atom. The summed E-state index contributed by atoms with van der Waals surface area (Å²) in [5, 5.41) is 0.0372. The van der Waals surface area contributed by atoms with E-state index in [9.17, 15) is 4.39 Å². The molecular formula is C12H12ClFN4. The molecule has 5 N–H and O–H groups in total. The van der Waals surface area contributed by atoms with Crippen LogP contribution in [0.1, 0.15) is 17.2 Å². The lowest BCUT2D eigenvalue weighted by molar-refractivity contribution is 0.560. The lowest BCUT2D eigenvalue weighted by atomic mass is 9.99. The van der Waals surface area contributed by atoms with Gasteiger partial charge in [-0.05, 0) is 12.1 Å². The summed E-state index contributed by atoms with van der Waals surface area (Å²) in [7, 11) is 0. The number of benzene rings is 1. The predicted molar refractivity (Wildman–Crippen MR) is 69.2 cm³/mol. The second-order valence-corrected chi connectivity index (χ2v) is 4.15. The first-order valence-electron chi connectivity index (χ1n) is 5.24. The van der Waals surface area contributed by atoms with E-state index in [4.69, 9.17) is 23.2 Å². The quantitative estimate of drug-likeness (QED) is 0.587. The maximum Gasteiger partial charge on any atom is 0.146 e. The van der Waals surface area contributed by atoms with Crippen molar-refractivity contribution in [2.24, 2.45) is 5.84 Å². The number of halogens is 2. The summed E-state index contributed by atoms with van der Waals surface area (Å²) >= 11 is 5.75. The van der Waals surface area contributed by atoms with Gasteiger partial charge in [0.1, 0.15) is 5.82 Å². The average molecular weight is 267 g/mol. The molecular weight excluding hydrogens is 255 g/mol. The highest BCUT2D eigenvalue weighted by molar-refractivity contribution is 6.30. The summed E-state index contributed by atoms with van der Waals surface area (Å²) in [5.41, 5.74) is 9.76. The Labute approximate surface area is 109 Å². The predicted octanol–water partition coefficient (Wildman–Crippen LogP) is 2.01. The number of hydrogen-bond acceptors (Lipinski definition) is 4. The molecule has 2 rings (SSSR count). The number of nitrogens with one attached hydrogen (secondary N) is 1. The van der Waals surface area contributed by atoms with Crippen LogP contribution in [0.3, 0.4) is 0 Å². The fourth-order valence-electron chi connectivity index (χ4n) is 1.75. The van der Waals surface area contributed by atoms with E-state index < -0.39 is 11.9 Å². The van der Waals surface area contributed by atoms with Crippen molar-refractivity contribution < 1.29 is 4.39 Å². The van der Waals surface area contributed by atoms with E-state index in [0.29, 0.717) is 16.8 Å². The number of nitrogens with two attached hydrogens (primary N) is 2. The van der Waals surface area contributed by atoms with Gasteiger partial charge in [0.05, 0.1) is 11.1 Å². The number of nitrogen functional groups attached to an aromatic ring is 1. The topological polar surface area (TPSA) is 77.0 Å². The molecule has 0 aliphatic carbocycles. The van der Waals surface area contributed by atoms with Gasteiger partial charge in [0, 0.05) is 29.2 Å². The Bertz CT molecular complexity index is 562. The van der Waals surface area contributed by atoms with Gasteiger partial charge >= 0.3 is 0 Å². The van der Waals surface area contributed by atoms with E-state index in [-0.39, 0.29) is 5.02 Å². The van der Waals surface area contributed by atoms with Gasteiger partial charge in [-0.15, -0.1) is 0 Å². The van der Waals surface area contributed by atoms with Crippen molar-refractivity contribution in [2.45, 2.75) is 6.04 Å². The molecule has 0 aliphatic heterocycles. The van der Waals surface area contributed by atoms with Crippen LogP contribution in [0.4, 0.5) is 10.1 Å². The van der Waals surface area contributed by atoms with Crippen LogP contribution in [-0.2, 0) is 0 Å². The summed E-state index contributed by atoms with van der Waals surface area (Å²) in [6.45, 7) is 0. The normalized spacial score (nSPS) is 12.4. The molecule has 2 aromatic rings. The Morgan fingerprint density at radius 1 is 1.28 bits per heavy atom. The van der Waals surface area contributed by atoms with Crippen molar-refractivity contribution in [3.63, 3.8) is 0 Å². The van der Waals surface area contributed by atoms with E-state index in [0.717, 1.165) is 0 Å². The summed E-state index contributed by atoms with van der Waals surface area (Å²) in [6, 6.07) is 5.75. The first kappa shape index (κ1) is 12.8. The van der Waals surface area contributed by atoms with Crippen molar-refractivity contribution in [1.82, 2.24) is 10.4 Å². The molecule has 0 amide bonds. The minimum atomic E-state index is -0.600. The number of nitrogens with zero attached hydrogens (tertiary/aromatic N) is 1. The van der Waals surface area contributed by atoms with Crippen molar-refractivity contribution >= 4 is 17.3 Å². The Kier molecular flexibility index (Phi) is 3.76. The third kappa shape index (κ3) is 2.28. The van der Waals surface area contributed by atoms with Crippen LogP contribution in [0.25, 0.3) is 0 Å². The molecule has 1 atom stereocenters. The van der Waals surface area contributed by atoms with Crippen LogP contribution in [0.5, 0.6) is 0 Å². The van der Waals surface area contributed by atoms with Crippen LogP contribution in [0.2, 0.25) is 5.02 Å². The number of rotatable bonds is 3. The number of aromatic nitrogens is 1. The van der Waals surface area contributed by atoms with Crippen molar-refractivity contribution in [1.29, 1.82) is 0 Å². The molecule has 0 saturated carbocycles. The average Bonchev–Trinajstić information content (AvgIpc) is 2.37. The van der Waals surface area contributed by atoms with Crippen LogP contribution >= 0.6 is 11.6 Å². The summed E-state index contributed by atoms with van der Waals surface area (Å²) in [6.07, 6.45) is 3.10. The highest BCUT2D eigenvalue weighted by atomic mass is 35.5. The van der Waals surface area contributed by atoms with E-state index in [1.807, 2.05) is 0 Å². The first-order valence-corrected chi connectivity index (χ1v) is 5.62. The van der Waals surface area contributed by atoms with Crippen LogP contribution in [-0.4, -0.2) is 4.98 Å². The van der Waals surface area contributed by atoms with Crippen molar-refractivity contribution in [2.75, 3.05) is 5.73 Å². The highest BCUT2D eigenvalue weighted by Crippen LogP contribution is 2.29. The summed E-state index contributed by atoms with van der Waals surface area (Å²) in [4.78, 5) is 3.96. The van der Waals surface area contributed by atoms with E-state index in [1.165, 1.54) is 6.07 Å². The first-order chi connectivity index (χ1) is 8.65. The second kappa shape index (κ2) is 5.30. The number of anilines is 1. The maximum absolute atomic E-state index is 14.0. The van der Waals surface area contributed by atoms with Crippen molar-refractivity contribution in [3.05, 3.63) is 58.6 Å². The molecule has 0 aliphatic rings. The Morgan fingerprint density at radius 2 is 2.06 bits per heavy atom. The maximum atomic E-state index is 14.0. The molecule has 1 aromatic carbocycles. The molecule has 0 radical (unpaired) electrons. The van der Waals surface area contributed by atoms with E-state index in [2.05, 4.69) is 10.4 Å². The molecule has 0 spiro atoms.